The molecule has 29 heavy (non-hydrogen) atoms. The number of oxime groups is 1. The van der Waals surface area contributed by atoms with Crippen molar-refractivity contribution in [3.05, 3.63) is 29.8 Å². The fourth-order valence-electron chi connectivity index (χ4n) is 3.70. The molecule has 1 fully saturated rings. The molecule has 9 nitrogen and oxygen atoms in total. The monoisotopic (exact) mass is 402 g/mol. The molecular weight excluding hydrogens is 378 g/mol. The van der Waals surface area contributed by atoms with Gasteiger partial charge in [0.1, 0.15) is 5.75 Å². The van der Waals surface area contributed by atoms with Crippen molar-refractivity contribution in [1.82, 2.24) is 5.32 Å². The summed E-state index contributed by atoms with van der Waals surface area (Å²) in [5.41, 5.74) is 4.30. The van der Waals surface area contributed by atoms with E-state index in [1.807, 2.05) is 0 Å². The summed E-state index contributed by atoms with van der Waals surface area (Å²) in [6.45, 7) is -0.322. The molecule has 2 amide bonds. The fourth-order valence-corrected chi connectivity index (χ4v) is 3.70. The molecule has 0 spiro atoms. The van der Waals surface area contributed by atoms with Gasteiger partial charge in [0.2, 0.25) is 5.60 Å². The predicted molar refractivity (Wildman–Crippen MR) is 101 cm³/mol. The smallest absolute Gasteiger partial charge is 0.268 e. The highest BCUT2D eigenvalue weighted by Gasteiger charge is 2.48. The number of carbonyl (C=O) groups excluding carboxylic acids is 3. The van der Waals surface area contributed by atoms with Crippen molar-refractivity contribution in [1.29, 1.82) is 0 Å². The second kappa shape index (κ2) is 8.93. The van der Waals surface area contributed by atoms with E-state index in [0.717, 1.165) is 32.1 Å². The Bertz CT molecular complexity index is 818. The molecule has 1 aliphatic heterocycles. The van der Waals surface area contributed by atoms with Gasteiger partial charge in [0.25, 0.3) is 11.8 Å². The molecule has 3 rings (SSSR count). The van der Waals surface area contributed by atoms with Crippen LogP contribution < -0.4 is 20.9 Å². The van der Waals surface area contributed by atoms with E-state index in [4.69, 9.17) is 15.3 Å². The molecule has 0 saturated heterocycles. The van der Waals surface area contributed by atoms with Gasteiger partial charge >= 0.3 is 0 Å². The Morgan fingerprint density at radius 3 is 2.66 bits per heavy atom. The molecule has 156 valence electrons. The Balaban J connectivity index is 1.78. The van der Waals surface area contributed by atoms with Crippen LogP contribution in [0.1, 0.15) is 50.5 Å². The molecule has 3 N–H and O–H groups in total. The van der Waals surface area contributed by atoms with Gasteiger partial charge in [-0.15, -0.1) is 0 Å². The van der Waals surface area contributed by atoms with Crippen molar-refractivity contribution in [2.45, 2.75) is 56.6 Å². The van der Waals surface area contributed by atoms with E-state index in [1.165, 1.54) is 0 Å². The van der Waals surface area contributed by atoms with E-state index in [9.17, 15) is 19.5 Å². The molecule has 9 heteroatoms. The van der Waals surface area contributed by atoms with Gasteiger partial charge in [0.15, 0.2) is 6.61 Å². The number of primary amides is 1. The second-order valence-electron chi connectivity index (χ2n) is 7.41. The average molecular weight is 402 g/mol. The number of carbonyl (C=O) groups is 3. The number of carboxylic acids is 1. The number of benzene rings is 1. The maximum Gasteiger partial charge on any atom is 0.268 e. The number of hydrogen-bond acceptors (Lipinski definition) is 7. The number of carboxylic acid groups (broad SMARTS) is 1. The molecule has 1 heterocycles. The zero-order valence-electron chi connectivity index (χ0n) is 16.0. The van der Waals surface area contributed by atoms with Crippen LogP contribution in [0.2, 0.25) is 0 Å². The zero-order chi connectivity index (χ0) is 20.9. The number of ether oxygens (including phenoxy) is 1. The van der Waals surface area contributed by atoms with Gasteiger partial charge in [0, 0.05) is 30.4 Å². The SMILES string of the molecule is NC(=O)COc1ccccc1C1=NO[C@@](CC(=O)[O-])(C(=O)NC2CCCCC2)C1. The van der Waals surface area contributed by atoms with Crippen LogP contribution in [0.3, 0.4) is 0 Å². The number of hydrogen-bond donors (Lipinski definition) is 2. The largest absolute Gasteiger partial charge is 0.550 e. The van der Waals surface area contributed by atoms with Gasteiger partial charge in [0.05, 0.1) is 5.71 Å². The van der Waals surface area contributed by atoms with Crippen LogP contribution >= 0.6 is 0 Å². The number of para-hydroxylation sites is 1. The molecule has 0 bridgehead atoms. The molecular formula is C20H24N3O6-. The minimum atomic E-state index is -1.68. The van der Waals surface area contributed by atoms with Gasteiger partial charge in [-0.2, -0.15) is 0 Å². The van der Waals surface area contributed by atoms with Crippen molar-refractivity contribution in [2.75, 3.05) is 6.61 Å². The highest BCUT2D eigenvalue weighted by Crippen LogP contribution is 2.33. The van der Waals surface area contributed by atoms with Crippen LogP contribution in [-0.4, -0.2) is 41.7 Å². The summed E-state index contributed by atoms with van der Waals surface area (Å²) in [5, 5.41) is 18.2. The van der Waals surface area contributed by atoms with Crippen molar-refractivity contribution < 1.29 is 29.1 Å². The number of amides is 2. The Morgan fingerprint density at radius 1 is 1.24 bits per heavy atom. The lowest BCUT2D eigenvalue weighted by Gasteiger charge is -2.30. The predicted octanol–water partition coefficient (Wildman–Crippen LogP) is 0.00280. The lowest BCUT2D eigenvalue weighted by molar-refractivity contribution is -0.309. The molecule has 1 aliphatic carbocycles. The standard InChI is InChI=1S/C20H25N3O6/c21-17(24)12-28-16-9-5-4-8-14(16)15-10-20(29-23-15,11-18(25)26)19(27)22-13-6-2-1-3-7-13/h4-5,8-9,13H,1-3,6-7,10-12H2,(H2,21,24)(H,22,27)(H,25,26)/p-1/t20-/m0/s1. The van der Waals surface area contributed by atoms with E-state index < -0.39 is 29.8 Å². The lowest BCUT2D eigenvalue weighted by Crippen LogP contribution is -2.53. The summed E-state index contributed by atoms with van der Waals surface area (Å²) in [5.74, 6) is -2.21. The first-order chi connectivity index (χ1) is 13.9. The number of nitrogens with zero attached hydrogens (tertiary/aromatic N) is 1. The Labute approximate surface area is 168 Å². The average Bonchev–Trinajstić information content (AvgIpc) is 3.12. The molecule has 0 aromatic heterocycles. The van der Waals surface area contributed by atoms with Crippen LogP contribution in [-0.2, 0) is 19.2 Å². The number of rotatable bonds is 8. The molecule has 1 aromatic carbocycles. The van der Waals surface area contributed by atoms with E-state index in [0.29, 0.717) is 17.0 Å². The first kappa shape index (κ1) is 20.6. The summed E-state index contributed by atoms with van der Waals surface area (Å²) in [7, 11) is 0. The maximum absolute atomic E-state index is 13.0. The molecule has 1 atom stereocenters. The van der Waals surface area contributed by atoms with Gasteiger partial charge in [-0.1, -0.05) is 36.6 Å². The fraction of sp³-hybridized carbons (Fsp3) is 0.500. The number of aliphatic carboxylic acids is 1. The Kier molecular flexibility index (Phi) is 6.36. The lowest BCUT2D eigenvalue weighted by atomic mass is 9.88. The third-order valence-electron chi connectivity index (χ3n) is 5.14. The Hall–Kier alpha value is -3.10. The highest BCUT2D eigenvalue weighted by atomic mass is 16.7. The third-order valence-corrected chi connectivity index (χ3v) is 5.14. The highest BCUT2D eigenvalue weighted by molar-refractivity contribution is 6.08. The van der Waals surface area contributed by atoms with Crippen molar-refractivity contribution >= 4 is 23.5 Å². The summed E-state index contributed by atoms with van der Waals surface area (Å²) >= 11 is 0. The van der Waals surface area contributed by atoms with Crippen LogP contribution in [0.5, 0.6) is 5.75 Å². The van der Waals surface area contributed by atoms with Gasteiger partial charge in [-0.3, -0.25) is 9.59 Å². The summed E-state index contributed by atoms with van der Waals surface area (Å²) < 4.78 is 5.40. The van der Waals surface area contributed by atoms with E-state index in [1.54, 1.807) is 24.3 Å². The summed E-state index contributed by atoms with van der Waals surface area (Å²) in [6, 6.07) is 6.75. The number of nitrogens with one attached hydrogen (secondary N) is 1. The molecule has 1 aromatic rings. The topological polar surface area (TPSA) is 143 Å². The van der Waals surface area contributed by atoms with Crippen molar-refractivity contribution in [3.8, 4) is 5.75 Å². The molecule has 2 aliphatic rings. The summed E-state index contributed by atoms with van der Waals surface area (Å²) in [4.78, 5) is 40.7. The normalized spacial score (nSPS) is 21.7. The first-order valence-electron chi connectivity index (χ1n) is 9.66. The van der Waals surface area contributed by atoms with Crippen molar-refractivity contribution in [2.24, 2.45) is 10.9 Å². The van der Waals surface area contributed by atoms with Gasteiger partial charge in [-0.05, 0) is 25.0 Å². The minimum Gasteiger partial charge on any atom is -0.550 e. The Morgan fingerprint density at radius 2 is 1.97 bits per heavy atom. The van der Waals surface area contributed by atoms with Gasteiger partial charge in [-0.25, -0.2) is 0 Å². The van der Waals surface area contributed by atoms with Crippen molar-refractivity contribution in [3.63, 3.8) is 0 Å². The van der Waals surface area contributed by atoms with Gasteiger partial charge < -0.3 is 30.5 Å². The van der Waals surface area contributed by atoms with E-state index in [-0.39, 0.29) is 19.1 Å². The first-order valence-corrected chi connectivity index (χ1v) is 9.66. The number of nitrogens with two attached hydrogens (primary N) is 1. The van der Waals surface area contributed by atoms with Crippen LogP contribution in [0.4, 0.5) is 0 Å². The van der Waals surface area contributed by atoms with Crippen LogP contribution in [0.25, 0.3) is 0 Å². The minimum absolute atomic E-state index is 0.00582. The quantitative estimate of drug-likeness (QED) is 0.627. The molecule has 0 unspecified atom stereocenters. The van der Waals surface area contributed by atoms with Crippen LogP contribution in [0.15, 0.2) is 29.4 Å². The van der Waals surface area contributed by atoms with E-state index in [2.05, 4.69) is 10.5 Å². The zero-order valence-corrected chi connectivity index (χ0v) is 16.0. The maximum atomic E-state index is 13.0. The molecule has 1 saturated carbocycles. The second-order valence-corrected chi connectivity index (χ2v) is 7.41. The summed E-state index contributed by atoms with van der Waals surface area (Å²) in [6.07, 6.45) is 4.19. The third kappa shape index (κ3) is 5.04. The van der Waals surface area contributed by atoms with E-state index >= 15 is 0 Å². The molecule has 0 radical (unpaired) electrons. The van der Waals surface area contributed by atoms with Crippen LogP contribution in [0, 0.1) is 0 Å².